The lowest BCUT2D eigenvalue weighted by Gasteiger charge is -2.29. The van der Waals surface area contributed by atoms with Crippen LogP contribution in [-0.4, -0.2) is 47.8 Å². The fourth-order valence-electron chi connectivity index (χ4n) is 3.49. The molecule has 3 rings (SSSR count). The van der Waals surface area contributed by atoms with E-state index in [9.17, 15) is 17.6 Å². The first-order valence-corrected chi connectivity index (χ1v) is 11.0. The molecule has 0 radical (unpaired) electrons. The lowest BCUT2D eigenvalue weighted by molar-refractivity contribution is -0.120. The number of aryl methyl sites for hydroxylation is 1. The molecule has 1 aromatic heterocycles. The average Bonchev–Trinajstić information content (AvgIpc) is 2.90. The molecule has 7 nitrogen and oxygen atoms in total. The zero-order valence-electron chi connectivity index (χ0n) is 16.3. The van der Waals surface area contributed by atoms with Gasteiger partial charge in [0, 0.05) is 24.6 Å². The third kappa shape index (κ3) is 4.41. The second-order valence-electron chi connectivity index (χ2n) is 7.22. The van der Waals surface area contributed by atoms with Crippen molar-refractivity contribution in [2.24, 2.45) is 5.92 Å². The van der Waals surface area contributed by atoms with Crippen LogP contribution in [0.1, 0.15) is 29.8 Å². The molecule has 2 heterocycles. The maximum Gasteiger partial charge on any atom is 0.227 e. The molecule has 0 saturated carbocycles. The van der Waals surface area contributed by atoms with Crippen LogP contribution >= 0.6 is 0 Å². The molecule has 0 unspecified atom stereocenters. The molecule has 9 heteroatoms. The Labute approximate surface area is 164 Å². The highest BCUT2D eigenvalue weighted by atomic mass is 32.2. The fraction of sp³-hybridized carbons (Fsp3) is 0.474. The van der Waals surface area contributed by atoms with Crippen molar-refractivity contribution in [1.29, 1.82) is 0 Å². The van der Waals surface area contributed by atoms with Crippen LogP contribution in [0.3, 0.4) is 0 Å². The monoisotopic (exact) mass is 408 g/mol. The Hall–Kier alpha value is -2.26. The van der Waals surface area contributed by atoms with Gasteiger partial charge in [0.15, 0.2) is 0 Å². The molecule has 152 valence electrons. The highest BCUT2D eigenvalue weighted by Crippen LogP contribution is 2.25. The van der Waals surface area contributed by atoms with Gasteiger partial charge in [-0.3, -0.25) is 9.48 Å². The Morgan fingerprint density at radius 2 is 1.89 bits per heavy atom. The van der Waals surface area contributed by atoms with E-state index in [1.807, 2.05) is 6.92 Å². The zero-order chi connectivity index (χ0) is 20.5. The molecule has 1 saturated heterocycles. The van der Waals surface area contributed by atoms with Crippen LogP contribution in [0.2, 0.25) is 0 Å². The van der Waals surface area contributed by atoms with Crippen molar-refractivity contribution in [2.45, 2.75) is 33.2 Å². The average molecular weight is 408 g/mol. The number of sulfonamides is 1. The van der Waals surface area contributed by atoms with Gasteiger partial charge in [0.25, 0.3) is 0 Å². The quantitative estimate of drug-likeness (QED) is 0.823. The van der Waals surface area contributed by atoms with E-state index in [1.54, 1.807) is 29.8 Å². The van der Waals surface area contributed by atoms with Crippen molar-refractivity contribution >= 4 is 21.6 Å². The maximum absolute atomic E-state index is 13.9. The van der Waals surface area contributed by atoms with Gasteiger partial charge in [0.1, 0.15) is 5.82 Å². The predicted molar refractivity (Wildman–Crippen MR) is 105 cm³/mol. The van der Waals surface area contributed by atoms with E-state index in [4.69, 9.17) is 0 Å². The minimum absolute atomic E-state index is 0.134. The molecular formula is C19H25FN4O3S. The molecule has 0 bridgehead atoms. The Kier molecular flexibility index (Phi) is 5.85. The van der Waals surface area contributed by atoms with Crippen LogP contribution in [0.4, 0.5) is 10.1 Å². The summed E-state index contributed by atoms with van der Waals surface area (Å²) in [6, 6.07) is 6.53. The Morgan fingerprint density at radius 1 is 1.25 bits per heavy atom. The van der Waals surface area contributed by atoms with E-state index in [0.29, 0.717) is 42.9 Å². The van der Waals surface area contributed by atoms with Crippen LogP contribution < -0.4 is 5.32 Å². The van der Waals surface area contributed by atoms with Crippen molar-refractivity contribution in [3.05, 3.63) is 47.0 Å². The van der Waals surface area contributed by atoms with Crippen LogP contribution in [0.5, 0.6) is 0 Å². The Bertz CT molecular complexity index is 979. The second-order valence-corrected chi connectivity index (χ2v) is 9.20. The van der Waals surface area contributed by atoms with E-state index < -0.39 is 10.0 Å². The molecular weight excluding hydrogens is 383 g/mol. The lowest BCUT2D eigenvalue weighted by Crippen LogP contribution is -2.41. The standard InChI is InChI=1S/C19H25FN4O3S/c1-13-18(14(2)24(22-13)12-16-6-4-5-7-17(16)20)21-19(25)15-8-10-23(11-9-15)28(3,26)27/h4-7,15H,8-12H2,1-3H3,(H,21,25). The minimum Gasteiger partial charge on any atom is -0.323 e. The van der Waals surface area contributed by atoms with Crippen molar-refractivity contribution < 1.29 is 17.6 Å². The van der Waals surface area contributed by atoms with Crippen LogP contribution in [0.15, 0.2) is 24.3 Å². The normalized spacial score (nSPS) is 16.3. The number of nitrogens with one attached hydrogen (secondary N) is 1. The number of anilines is 1. The summed E-state index contributed by atoms with van der Waals surface area (Å²) in [7, 11) is -3.22. The van der Waals surface area contributed by atoms with E-state index in [0.717, 1.165) is 5.69 Å². The molecule has 0 atom stereocenters. The molecule has 1 aromatic carbocycles. The number of carbonyl (C=O) groups excluding carboxylic acids is 1. The van der Waals surface area contributed by atoms with Crippen molar-refractivity contribution in [2.75, 3.05) is 24.7 Å². The van der Waals surface area contributed by atoms with Gasteiger partial charge in [0.2, 0.25) is 15.9 Å². The third-order valence-corrected chi connectivity index (χ3v) is 6.50. The number of aromatic nitrogens is 2. The molecule has 1 aliphatic rings. The van der Waals surface area contributed by atoms with Crippen molar-refractivity contribution in [1.82, 2.24) is 14.1 Å². The highest BCUT2D eigenvalue weighted by molar-refractivity contribution is 7.88. The summed E-state index contributed by atoms with van der Waals surface area (Å²) < 4.78 is 40.2. The maximum atomic E-state index is 13.9. The molecule has 1 N–H and O–H groups in total. The summed E-state index contributed by atoms with van der Waals surface area (Å²) in [5.41, 5.74) is 2.57. The van der Waals surface area contributed by atoms with Gasteiger partial charge in [-0.2, -0.15) is 5.10 Å². The van der Waals surface area contributed by atoms with Gasteiger partial charge in [-0.25, -0.2) is 17.1 Å². The molecule has 0 aliphatic carbocycles. The minimum atomic E-state index is -3.22. The number of carbonyl (C=O) groups is 1. The van der Waals surface area contributed by atoms with Crippen LogP contribution in [-0.2, 0) is 21.4 Å². The Morgan fingerprint density at radius 3 is 2.50 bits per heavy atom. The first kappa shape index (κ1) is 20.5. The van der Waals surface area contributed by atoms with Gasteiger partial charge < -0.3 is 5.32 Å². The predicted octanol–water partition coefficient (Wildman–Crippen LogP) is 2.30. The fourth-order valence-corrected chi connectivity index (χ4v) is 4.37. The largest absolute Gasteiger partial charge is 0.323 e. The number of benzene rings is 1. The van der Waals surface area contributed by atoms with E-state index >= 15 is 0 Å². The number of amides is 1. The molecule has 1 fully saturated rings. The summed E-state index contributed by atoms with van der Waals surface area (Å²) in [5, 5.41) is 7.38. The number of hydrogen-bond acceptors (Lipinski definition) is 4. The van der Waals surface area contributed by atoms with E-state index in [1.165, 1.54) is 16.6 Å². The summed E-state index contributed by atoms with van der Waals surface area (Å²) in [5.74, 6) is -0.671. The number of rotatable bonds is 5. The molecule has 1 aliphatic heterocycles. The summed E-state index contributed by atoms with van der Waals surface area (Å²) in [6.45, 7) is 4.61. The van der Waals surface area contributed by atoms with Gasteiger partial charge in [-0.05, 0) is 32.8 Å². The summed E-state index contributed by atoms with van der Waals surface area (Å²) in [6.07, 6.45) is 2.16. The molecule has 28 heavy (non-hydrogen) atoms. The number of nitrogens with zero attached hydrogens (tertiary/aromatic N) is 3. The van der Waals surface area contributed by atoms with E-state index in [-0.39, 0.29) is 24.2 Å². The highest BCUT2D eigenvalue weighted by Gasteiger charge is 2.29. The number of piperidine rings is 1. The van der Waals surface area contributed by atoms with Gasteiger partial charge in [0.05, 0.1) is 29.9 Å². The smallest absolute Gasteiger partial charge is 0.227 e. The molecule has 2 aromatic rings. The third-order valence-electron chi connectivity index (χ3n) is 5.20. The molecule has 0 spiro atoms. The second kappa shape index (κ2) is 8.00. The van der Waals surface area contributed by atoms with Gasteiger partial charge in [-0.15, -0.1) is 0 Å². The summed E-state index contributed by atoms with van der Waals surface area (Å²) in [4.78, 5) is 12.7. The van der Waals surface area contributed by atoms with Crippen molar-refractivity contribution in [3.8, 4) is 0 Å². The first-order chi connectivity index (χ1) is 13.2. The number of hydrogen-bond donors (Lipinski definition) is 1. The van der Waals surface area contributed by atoms with Gasteiger partial charge in [-0.1, -0.05) is 18.2 Å². The SMILES string of the molecule is Cc1nn(Cc2ccccc2F)c(C)c1NC(=O)C1CCN(S(C)(=O)=O)CC1. The summed E-state index contributed by atoms with van der Waals surface area (Å²) >= 11 is 0. The van der Waals surface area contributed by atoms with Crippen LogP contribution in [0.25, 0.3) is 0 Å². The number of halogens is 1. The first-order valence-electron chi connectivity index (χ1n) is 9.20. The lowest BCUT2D eigenvalue weighted by atomic mass is 9.97. The topological polar surface area (TPSA) is 84.3 Å². The molecule has 1 amide bonds. The zero-order valence-corrected chi connectivity index (χ0v) is 17.1. The Balaban J connectivity index is 1.69. The van der Waals surface area contributed by atoms with Gasteiger partial charge >= 0.3 is 0 Å². The van der Waals surface area contributed by atoms with E-state index in [2.05, 4.69) is 10.4 Å². The van der Waals surface area contributed by atoms with Crippen molar-refractivity contribution in [3.63, 3.8) is 0 Å². The van der Waals surface area contributed by atoms with Crippen LogP contribution in [0, 0.1) is 25.6 Å².